The molecule has 0 radical (unpaired) electrons. The molecule has 1 unspecified atom stereocenters. The number of nitrogens with zero attached hydrogens (tertiary/aromatic N) is 4. The molecular formula is C21H25N5O2. The average Bonchev–Trinajstić information content (AvgIpc) is 3.38. The minimum Gasteiger partial charge on any atom is -0.359 e. The summed E-state index contributed by atoms with van der Waals surface area (Å²) in [6.45, 7) is 5.33. The van der Waals surface area contributed by atoms with Gasteiger partial charge in [0.2, 0.25) is 5.91 Å². The molecule has 3 heterocycles. The van der Waals surface area contributed by atoms with E-state index < -0.39 is 0 Å². The van der Waals surface area contributed by atoms with Crippen molar-refractivity contribution in [3.05, 3.63) is 59.9 Å². The molecule has 0 fully saturated rings. The number of amides is 1. The first-order valence-corrected chi connectivity index (χ1v) is 9.73. The van der Waals surface area contributed by atoms with E-state index in [0.29, 0.717) is 31.7 Å². The zero-order valence-electron chi connectivity index (χ0n) is 16.3. The summed E-state index contributed by atoms with van der Waals surface area (Å²) in [5, 5.41) is 7.63. The highest BCUT2D eigenvalue weighted by Gasteiger charge is 2.28. The summed E-state index contributed by atoms with van der Waals surface area (Å²) in [5.74, 6) is 1.70. The average molecular weight is 379 g/mol. The predicted octanol–water partition coefficient (Wildman–Crippen LogP) is 3.71. The lowest BCUT2D eigenvalue weighted by molar-refractivity contribution is -0.132. The highest BCUT2D eigenvalue weighted by molar-refractivity contribution is 5.77. The van der Waals surface area contributed by atoms with Gasteiger partial charge < -0.3 is 19.3 Å². The molecule has 0 spiro atoms. The third-order valence-electron chi connectivity index (χ3n) is 5.34. The van der Waals surface area contributed by atoms with Crippen LogP contribution in [0.5, 0.6) is 0 Å². The Labute approximate surface area is 164 Å². The number of benzene rings is 1. The first-order valence-electron chi connectivity index (χ1n) is 9.73. The minimum atomic E-state index is 0.0768. The van der Waals surface area contributed by atoms with Crippen LogP contribution in [-0.4, -0.2) is 32.1 Å². The van der Waals surface area contributed by atoms with Crippen LogP contribution in [0.1, 0.15) is 43.2 Å². The quantitative estimate of drug-likeness (QED) is 0.706. The zero-order chi connectivity index (χ0) is 19.5. The molecule has 1 aliphatic heterocycles. The van der Waals surface area contributed by atoms with Gasteiger partial charge in [0, 0.05) is 43.5 Å². The van der Waals surface area contributed by atoms with Crippen LogP contribution in [0.15, 0.2) is 47.5 Å². The summed E-state index contributed by atoms with van der Waals surface area (Å²) in [5.41, 5.74) is 3.22. The van der Waals surface area contributed by atoms with Crippen LogP contribution in [0.25, 0.3) is 0 Å². The Bertz CT molecular complexity index is 948. The maximum absolute atomic E-state index is 12.8. The molecule has 3 aromatic rings. The Balaban J connectivity index is 1.47. The lowest BCUT2D eigenvalue weighted by Gasteiger charge is -2.27. The van der Waals surface area contributed by atoms with Crippen LogP contribution in [0.2, 0.25) is 0 Å². The van der Waals surface area contributed by atoms with Crippen molar-refractivity contribution < 1.29 is 9.32 Å². The van der Waals surface area contributed by atoms with E-state index >= 15 is 0 Å². The lowest BCUT2D eigenvalue weighted by atomic mass is 10.1. The van der Waals surface area contributed by atoms with Crippen molar-refractivity contribution in [1.29, 1.82) is 0 Å². The number of para-hydroxylation sites is 1. The zero-order valence-corrected chi connectivity index (χ0v) is 16.3. The van der Waals surface area contributed by atoms with Crippen LogP contribution in [0, 0.1) is 0 Å². The second kappa shape index (κ2) is 7.88. The van der Waals surface area contributed by atoms with Crippen molar-refractivity contribution in [3.63, 3.8) is 0 Å². The van der Waals surface area contributed by atoms with Crippen LogP contribution in [0.4, 0.5) is 11.5 Å². The number of aryl methyl sites for hydroxylation is 1. The van der Waals surface area contributed by atoms with E-state index in [1.54, 1.807) is 12.5 Å². The van der Waals surface area contributed by atoms with Gasteiger partial charge in [0.05, 0.1) is 18.4 Å². The fraction of sp³-hybridized carbons (Fsp3) is 0.381. The van der Waals surface area contributed by atoms with E-state index in [9.17, 15) is 4.79 Å². The molecule has 4 rings (SSSR count). The molecule has 1 amide bonds. The normalized spacial score (nSPS) is 14.6. The molecular weight excluding hydrogens is 354 g/mol. The first-order chi connectivity index (χ1) is 13.7. The number of anilines is 2. The summed E-state index contributed by atoms with van der Waals surface area (Å²) < 4.78 is 7.50. The van der Waals surface area contributed by atoms with E-state index in [2.05, 4.69) is 28.4 Å². The number of hydrogen-bond acceptors (Lipinski definition) is 5. The Morgan fingerprint density at radius 3 is 3.00 bits per heavy atom. The molecule has 7 heteroatoms. The smallest absolute Gasteiger partial charge is 0.224 e. The second-order valence-corrected chi connectivity index (χ2v) is 7.20. The molecule has 2 aromatic heterocycles. The fourth-order valence-electron chi connectivity index (χ4n) is 3.62. The Kier molecular flexibility index (Phi) is 5.14. The van der Waals surface area contributed by atoms with Crippen molar-refractivity contribution in [1.82, 2.24) is 19.6 Å². The molecule has 0 saturated heterocycles. The molecule has 146 valence electrons. The predicted molar refractivity (Wildman–Crippen MR) is 106 cm³/mol. The maximum atomic E-state index is 12.8. The lowest BCUT2D eigenvalue weighted by Crippen LogP contribution is -2.36. The van der Waals surface area contributed by atoms with Gasteiger partial charge >= 0.3 is 0 Å². The minimum absolute atomic E-state index is 0.0768. The SMILES string of the molecule is CCc1ccccc1Nc1noc2c1CN(C(=O)CC(C)n1ccnc1)CC2. The molecule has 1 aliphatic rings. The van der Waals surface area contributed by atoms with E-state index in [4.69, 9.17) is 4.52 Å². The van der Waals surface area contributed by atoms with Crippen LogP contribution >= 0.6 is 0 Å². The molecule has 0 bridgehead atoms. The number of aromatic nitrogens is 3. The Morgan fingerprint density at radius 1 is 1.36 bits per heavy atom. The first kappa shape index (κ1) is 18.3. The number of nitrogens with one attached hydrogen (secondary N) is 1. The summed E-state index contributed by atoms with van der Waals surface area (Å²) in [6, 6.07) is 8.25. The monoisotopic (exact) mass is 379 g/mol. The summed E-state index contributed by atoms with van der Waals surface area (Å²) in [4.78, 5) is 18.8. The highest BCUT2D eigenvalue weighted by Crippen LogP contribution is 2.30. The number of fused-ring (bicyclic) bond motifs is 1. The third-order valence-corrected chi connectivity index (χ3v) is 5.34. The highest BCUT2D eigenvalue weighted by atomic mass is 16.5. The van der Waals surface area contributed by atoms with Crippen molar-refractivity contribution in [3.8, 4) is 0 Å². The molecule has 1 atom stereocenters. The fourth-order valence-corrected chi connectivity index (χ4v) is 3.62. The van der Waals surface area contributed by atoms with Gasteiger partial charge in [-0.05, 0) is 25.0 Å². The maximum Gasteiger partial charge on any atom is 0.224 e. The van der Waals surface area contributed by atoms with E-state index in [-0.39, 0.29) is 11.9 Å². The topological polar surface area (TPSA) is 76.2 Å². The van der Waals surface area contributed by atoms with Crippen LogP contribution < -0.4 is 5.32 Å². The molecule has 1 N–H and O–H groups in total. The number of carbonyl (C=O) groups excluding carboxylic acids is 1. The summed E-state index contributed by atoms with van der Waals surface area (Å²) in [7, 11) is 0. The van der Waals surface area contributed by atoms with Crippen LogP contribution in [-0.2, 0) is 24.2 Å². The number of rotatable bonds is 6. The van der Waals surface area contributed by atoms with Gasteiger partial charge in [0.15, 0.2) is 5.82 Å². The molecule has 0 saturated carbocycles. The van der Waals surface area contributed by atoms with E-state index in [0.717, 1.165) is 23.4 Å². The van der Waals surface area contributed by atoms with Gasteiger partial charge in [-0.1, -0.05) is 30.3 Å². The van der Waals surface area contributed by atoms with Crippen molar-refractivity contribution in [2.75, 3.05) is 11.9 Å². The van der Waals surface area contributed by atoms with Gasteiger partial charge in [0.25, 0.3) is 0 Å². The molecule has 0 aliphatic carbocycles. The van der Waals surface area contributed by atoms with Crippen molar-refractivity contribution in [2.45, 2.75) is 45.7 Å². The standard InChI is InChI=1S/C21H25N5O2/c1-3-16-6-4-5-7-18(16)23-21-17-13-25(10-8-19(17)28-24-21)20(27)12-15(2)26-11-9-22-14-26/h4-7,9,11,14-15H,3,8,10,12-13H2,1-2H3,(H,23,24). The molecule has 7 nitrogen and oxygen atoms in total. The van der Waals surface area contributed by atoms with E-state index in [1.807, 2.05) is 40.8 Å². The Hall–Kier alpha value is -3.09. The molecule has 1 aromatic carbocycles. The largest absolute Gasteiger partial charge is 0.359 e. The summed E-state index contributed by atoms with van der Waals surface area (Å²) in [6.07, 6.45) is 7.43. The van der Waals surface area contributed by atoms with Gasteiger partial charge in [-0.2, -0.15) is 0 Å². The second-order valence-electron chi connectivity index (χ2n) is 7.20. The third kappa shape index (κ3) is 3.65. The molecule has 28 heavy (non-hydrogen) atoms. The van der Waals surface area contributed by atoms with Crippen molar-refractivity contribution in [2.24, 2.45) is 0 Å². The van der Waals surface area contributed by atoms with Crippen molar-refractivity contribution >= 4 is 17.4 Å². The van der Waals surface area contributed by atoms with Crippen LogP contribution in [0.3, 0.4) is 0 Å². The number of carbonyl (C=O) groups is 1. The summed E-state index contributed by atoms with van der Waals surface area (Å²) >= 11 is 0. The van der Waals surface area contributed by atoms with Gasteiger partial charge in [-0.3, -0.25) is 4.79 Å². The van der Waals surface area contributed by atoms with Gasteiger partial charge in [-0.15, -0.1) is 0 Å². The van der Waals surface area contributed by atoms with E-state index in [1.165, 1.54) is 5.56 Å². The van der Waals surface area contributed by atoms with Gasteiger partial charge in [0.1, 0.15) is 5.76 Å². The van der Waals surface area contributed by atoms with Gasteiger partial charge in [-0.25, -0.2) is 4.98 Å². The Morgan fingerprint density at radius 2 is 2.21 bits per heavy atom. The number of imidazole rings is 1. The number of hydrogen-bond donors (Lipinski definition) is 1.